The average molecular weight is 689 g/mol. The highest BCUT2D eigenvalue weighted by Crippen LogP contribution is 2.43. The Labute approximate surface area is 304 Å². The second kappa shape index (κ2) is 12.2. The number of nitrogens with zero attached hydrogens (tertiary/aromatic N) is 2. The third-order valence-corrected chi connectivity index (χ3v) is 18.6. The van der Waals surface area contributed by atoms with E-state index in [4.69, 9.17) is 0 Å². The van der Waals surface area contributed by atoms with Gasteiger partial charge >= 0.3 is 0 Å². The van der Waals surface area contributed by atoms with Crippen LogP contribution in [0.2, 0.25) is 26.2 Å². The number of anilines is 6. The van der Waals surface area contributed by atoms with Gasteiger partial charge in [0.15, 0.2) is 0 Å². The van der Waals surface area contributed by atoms with Gasteiger partial charge in [0.25, 0.3) is 6.71 Å². The molecule has 0 spiro atoms. The van der Waals surface area contributed by atoms with E-state index in [9.17, 15) is 0 Å². The van der Waals surface area contributed by atoms with Gasteiger partial charge in [-0.3, -0.25) is 0 Å². The van der Waals surface area contributed by atoms with E-state index in [2.05, 4.69) is 212 Å². The third-order valence-electron chi connectivity index (χ3n) is 11.5. The average Bonchev–Trinajstić information content (AvgIpc) is 3.18. The lowest BCUT2D eigenvalue weighted by atomic mass is 9.33. The highest BCUT2D eigenvalue weighted by Gasteiger charge is 2.43. The van der Waals surface area contributed by atoms with Crippen molar-refractivity contribution < 1.29 is 0 Å². The molecule has 0 unspecified atom stereocenters. The van der Waals surface area contributed by atoms with Crippen molar-refractivity contribution in [3.05, 3.63) is 176 Å². The van der Waals surface area contributed by atoms with Crippen LogP contribution in [0, 0.1) is 0 Å². The number of para-hydroxylation sites is 2. The van der Waals surface area contributed by atoms with Gasteiger partial charge in [-0.05, 0) is 64.9 Å². The molecule has 7 aromatic carbocycles. The molecular weight excluding hydrogens is 648 g/mol. The minimum atomic E-state index is -1.99. The monoisotopic (exact) mass is 688 g/mol. The van der Waals surface area contributed by atoms with Gasteiger partial charge in [0, 0.05) is 34.1 Å². The molecule has 0 N–H and O–H groups in total. The first-order valence-corrected chi connectivity index (χ1v) is 24.1. The molecule has 0 radical (unpaired) electrons. The lowest BCUT2D eigenvalue weighted by Gasteiger charge is -2.44. The smallest absolute Gasteiger partial charge is 0.252 e. The Bertz CT molecular complexity index is 2380. The lowest BCUT2D eigenvalue weighted by molar-refractivity contribution is 1.25. The van der Waals surface area contributed by atoms with Crippen molar-refractivity contribution in [1.82, 2.24) is 0 Å². The van der Waals surface area contributed by atoms with E-state index in [1.54, 1.807) is 0 Å². The first-order valence-electron chi connectivity index (χ1n) is 18.1. The maximum absolute atomic E-state index is 2.57. The predicted octanol–water partition coefficient (Wildman–Crippen LogP) is 7.41. The van der Waals surface area contributed by atoms with Crippen LogP contribution in [0.5, 0.6) is 0 Å². The van der Waals surface area contributed by atoms with E-state index in [1.165, 1.54) is 71.3 Å². The van der Waals surface area contributed by atoms with Gasteiger partial charge in [0.05, 0.1) is 0 Å². The molecule has 51 heavy (non-hydrogen) atoms. The molecule has 246 valence electrons. The molecule has 0 aromatic heterocycles. The van der Waals surface area contributed by atoms with Crippen LogP contribution >= 0.6 is 0 Å². The molecule has 9 rings (SSSR count). The van der Waals surface area contributed by atoms with E-state index in [0.29, 0.717) is 0 Å². The number of hydrogen-bond acceptors (Lipinski definition) is 2. The normalized spacial score (nSPS) is 13.4. The van der Waals surface area contributed by atoms with Crippen molar-refractivity contribution in [3.8, 4) is 0 Å². The molecule has 2 heterocycles. The van der Waals surface area contributed by atoms with Crippen LogP contribution < -0.4 is 46.9 Å². The van der Waals surface area contributed by atoms with Crippen molar-refractivity contribution in [2.24, 2.45) is 0 Å². The Balaban J connectivity index is 1.27. The van der Waals surface area contributed by atoms with Crippen LogP contribution in [0.1, 0.15) is 0 Å². The zero-order valence-corrected chi connectivity index (χ0v) is 31.7. The summed E-state index contributed by atoms with van der Waals surface area (Å²) in [6.45, 7) is 10.0. The molecule has 0 aliphatic carbocycles. The molecule has 0 bridgehead atoms. The van der Waals surface area contributed by atoms with Crippen molar-refractivity contribution in [3.63, 3.8) is 0 Å². The van der Waals surface area contributed by atoms with Gasteiger partial charge in [0.1, 0.15) is 16.1 Å². The number of benzene rings is 7. The SMILES string of the molecule is C[Si](C)(c1ccccc1)c1ccc(N2c3ccc([Si](C)(C)c4ccccc4)cc3B3c4ccccc4N(c4ccccc4)c4cccc2c43)cc1. The van der Waals surface area contributed by atoms with Gasteiger partial charge in [-0.2, -0.15) is 0 Å². The van der Waals surface area contributed by atoms with E-state index >= 15 is 0 Å². The fraction of sp³-hybridized carbons (Fsp3) is 0.0870. The minimum Gasteiger partial charge on any atom is -0.311 e. The molecule has 0 fully saturated rings. The summed E-state index contributed by atoms with van der Waals surface area (Å²) < 4.78 is 0. The zero-order chi connectivity index (χ0) is 34.7. The van der Waals surface area contributed by atoms with Crippen LogP contribution in [0.4, 0.5) is 34.1 Å². The van der Waals surface area contributed by atoms with Gasteiger partial charge in [0.2, 0.25) is 0 Å². The van der Waals surface area contributed by atoms with Crippen LogP contribution in [-0.2, 0) is 0 Å². The Kier molecular flexibility index (Phi) is 7.53. The maximum Gasteiger partial charge on any atom is 0.252 e. The Morgan fingerprint density at radius 2 is 0.784 bits per heavy atom. The summed E-state index contributed by atoms with van der Waals surface area (Å²) in [4.78, 5) is 5.00. The highest BCUT2D eigenvalue weighted by molar-refractivity contribution is 7.03. The van der Waals surface area contributed by atoms with Crippen molar-refractivity contribution >= 4 is 94.1 Å². The molecule has 0 amide bonds. The largest absolute Gasteiger partial charge is 0.311 e. The minimum absolute atomic E-state index is 0.114. The highest BCUT2D eigenvalue weighted by atomic mass is 28.3. The quantitative estimate of drug-likeness (QED) is 0.168. The fourth-order valence-electron chi connectivity index (χ4n) is 8.48. The van der Waals surface area contributed by atoms with Crippen molar-refractivity contribution in [2.45, 2.75) is 26.2 Å². The van der Waals surface area contributed by atoms with Crippen LogP contribution in [-0.4, -0.2) is 22.9 Å². The summed E-state index contributed by atoms with van der Waals surface area (Å²) in [7, 11) is -3.84. The number of fused-ring (bicyclic) bond motifs is 4. The molecular formula is C46H41BN2Si2. The molecule has 2 aliphatic rings. The molecule has 7 aromatic rings. The van der Waals surface area contributed by atoms with E-state index in [0.717, 1.165) is 0 Å². The molecule has 0 saturated heterocycles. The summed E-state index contributed by atoms with van der Waals surface area (Å²) in [5.41, 5.74) is 11.5. The van der Waals surface area contributed by atoms with Crippen molar-refractivity contribution in [2.75, 3.05) is 9.80 Å². The van der Waals surface area contributed by atoms with Gasteiger partial charge < -0.3 is 9.80 Å². The van der Waals surface area contributed by atoms with Gasteiger partial charge in [-0.1, -0.05) is 174 Å². The molecule has 0 saturated carbocycles. The van der Waals surface area contributed by atoms with E-state index < -0.39 is 16.1 Å². The summed E-state index contributed by atoms with van der Waals surface area (Å²) in [6.07, 6.45) is 0. The molecule has 0 atom stereocenters. The van der Waals surface area contributed by atoms with E-state index in [1.807, 2.05) is 0 Å². The summed E-state index contributed by atoms with van der Waals surface area (Å²) in [5, 5.41) is 5.82. The third kappa shape index (κ3) is 5.06. The summed E-state index contributed by atoms with van der Waals surface area (Å²) >= 11 is 0. The Morgan fingerprint density at radius 1 is 0.353 bits per heavy atom. The van der Waals surface area contributed by atoms with E-state index in [-0.39, 0.29) is 6.71 Å². The Hall–Kier alpha value is -5.36. The molecule has 2 aliphatic heterocycles. The van der Waals surface area contributed by atoms with Crippen LogP contribution in [0.15, 0.2) is 176 Å². The topological polar surface area (TPSA) is 6.48 Å². The summed E-state index contributed by atoms with van der Waals surface area (Å²) in [5.74, 6) is 0. The molecule has 5 heteroatoms. The fourth-order valence-corrected chi connectivity index (χ4v) is 13.2. The number of hydrogen-bond donors (Lipinski definition) is 0. The van der Waals surface area contributed by atoms with Crippen molar-refractivity contribution in [1.29, 1.82) is 0 Å². The second-order valence-corrected chi connectivity index (χ2v) is 23.8. The standard InChI is InChI=1S/C46H41BN2Si2/c1-50(2,36-19-10-6-11-20-36)38-29-27-35(28-30-38)49-43-32-31-39(51(3,4)37-21-12-7-13-22-37)33-41(43)47-40-23-14-15-24-42(40)48(34-17-8-5-9-18-34)44-25-16-26-45(49)46(44)47/h5-33H,1-4H3. The summed E-state index contributed by atoms with van der Waals surface area (Å²) in [6, 6.07) is 65.9. The van der Waals surface area contributed by atoms with Crippen LogP contribution in [0.25, 0.3) is 0 Å². The van der Waals surface area contributed by atoms with Crippen LogP contribution in [0.3, 0.4) is 0 Å². The number of rotatable bonds is 6. The zero-order valence-electron chi connectivity index (χ0n) is 29.7. The van der Waals surface area contributed by atoms with Gasteiger partial charge in [-0.25, -0.2) is 0 Å². The first kappa shape index (κ1) is 31.6. The first-order chi connectivity index (χ1) is 24.8. The van der Waals surface area contributed by atoms with Gasteiger partial charge in [-0.15, -0.1) is 0 Å². The second-order valence-electron chi connectivity index (χ2n) is 15.0. The Morgan fingerprint density at radius 3 is 1.39 bits per heavy atom. The maximum atomic E-state index is 2.57. The molecule has 2 nitrogen and oxygen atoms in total. The predicted molar refractivity (Wildman–Crippen MR) is 227 cm³/mol. The lowest BCUT2D eigenvalue weighted by Crippen LogP contribution is -2.63.